The van der Waals surface area contributed by atoms with Crippen molar-refractivity contribution >= 4 is 16.6 Å². The Morgan fingerprint density at radius 2 is 1.94 bits per heavy atom. The van der Waals surface area contributed by atoms with Gasteiger partial charge in [-0.3, -0.25) is 5.43 Å². The Hall–Kier alpha value is -2.03. The van der Waals surface area contributed by atoms with Crippen LogP contribution in [0.25, 0.3) is 10.8 Å². The highest BCUT2D eigenvalue weighted by Gasteiger charge is 2.14. The van der Waals surface area contributed by atoms with Crippen LogP contribution in [-0.4, -0.2) is 24.5 Å². The molecular formula is C13H13N3. The lowest BCUT2D eigenvalue weighted by molar-refractivity contribution is 0.506. The average Bonchev–Trinajstić information content (AvgIpc) is 2.75. The normalized spacial score (nSPS) is 15.1. The van der Waals surface area contributed by atoms with Gasteiger partial charge in [-0.05, 0) is 16.8 Å². The molecule has 1 aliphatic heterocycles. The minimum atomic E-state index is 0.780. The van der Waals surface area contributed by atoms with Crippen molar-refractivity contribution in [2.45, 2.75) is 0 Å². The Kier molecular flexibility index (Phi) is 2.03. The molecule has 3 rings (SSSR count). The van der Waals surface area contributed by atoms with E-state index >= 15 is 0 Å². The van der Waals surface area contributed by atoms with Crippen molar-refractivity contribution < 1.29 is 0 Å². The number of hydrogen-bond acceptors (Lipinski definition) is 3. The van der Waals surface area contributed by atoms with E-state index in [0.29, 0.717) is 0 Å². The van der Waals surface area contributed by atoms with Crippen LogP contribution in [0.1, 0.15) is 5.56 Å². The van der Waals surface area contributed by atoms with Crippen LogP contribution >= 0.6 is 0 Å². The molecule has 0 radical (unpaired) electrons. The molecule has 0 bridgehead atoms. The van der Waals surface area contributed by atoms with Gasteiger partial charge in [0.25, 0.3) is 0 Å². The molecule has 1 heterocycles. The van der Waals surface area contributed by atoms with Gasteiger partial charge >= 0.3 is 0 Å². The van der Waals surface area contributed by atoms with E-state index in [1.165, 1.54) is 10.8 Å². The maximum atomic E-state index is 4.29. The van der Waals surface area contributed by atoms with Gasteiger partial charge in [0.1, 0.15) is 6.67 Å². The summed E-state index contributed by atoms with van der Waals surface area (Å²) in [5.74, 6) is 1.01. The fourth-order valence-electron chi connectivity index (χ4n) is 1.99. The van der Waals surface area contributed by atoms with Gasteiger partial charge in [0.15, 0.2) is 5.84 Å². The predicted molar refractivity (Wildman–Crippen MR) is 66.3 cm³/mol. The van der Waals surface area contributed by atoms with E-state index < -0.39 is 0 Å². The molecule has 2 aromatic rings. The first-order valence-corrected chi connectivity index (χ1v) is 5.35. The van der Waals surface area contributed by atoms with E-state index in [1.807, 2.05) is 7.05 Å². The van der Waals surface area contributed by atoms with Gasteiger partial charge < -0.3 is 4.90 Å². The predicted octanol–water partition coefficient (Wildman–Crippen LogP) is 1.99. The number of nitrogens with zero attached hydrogens (tertiary/aromatic N) is 2. The quantitative estimate of drug-likeness (QED) is 0.781. The number of fused-ring (bicyclic) bond motifs is 1. The molecule has 0 unspecified atom stereocenters. The highest BCUT2D eigenvalue weighted by molar-refractivity contribution is 6.02. The van der Waals surface area contributed by atoms with Crippen LogP contribution in [0.3, 0.4) is 0 Å². The SMILES string of the molecule is CN1CNN=C1c1ccc2ccccc2c1. The van der Waals surface area contributed by atoms with Crippen LogP contribution in [0.15, 0.2) is 47.6 Å². The smallest absolute Gasteiger partial charge is 0.157 e. The second-order valence-corrected chi connectivity index (χ2v) is 4.01. The Morgan fingerprint density at radius 3 is 2.69 bits per heavy atom. The van der Waals surface area contributed by atoms with Crippen molar-refractivity contribution in [3.63, 3.8) is 0 Å². The number of amidine groups is 1. The summed E-state index contributed by atoms with van der Waals surface area (Å²) in [7, 11) is 2.04. The number of hydrogen-bond donors (Lipinski definition) is 1. The van der Waals surface area contributed by atoms with E-state index in [1.54, 1.807) is 0 Å². The highest BCUT2D eigenvalue weighted by atomic mass is 15.5. The molecule has 0 amide bonds. The summed E-state index contributed by atoms with van der Waals surface area (Å²) in [5.41, 5.74) is 4.14. The van der Waals surface area contributed by atoms with Crippen LogP contribution in [0.5, 0.6) is 0 Å². The highest BCUT2D eigenvalue weighted by Crippen LogP contribution is 2.17. The zero-order valence-corrected chi connectivity index (χ0v) is 9.14. The first-order valence-electron chi connectivity index (χ1n) is 5.35. The lowest BCUT2D eigenvalue weighted by Crippen LogP contribution is -2.25. The summed E-state index contributed by atoms with van der Waals surface area (Å²) in [6.45, 7) is 0.780. The average molecular weight is 211 g/mol. The zero-order chi connectivity index (χ0) is 11.0. The molecule has 1 aliphatic rings. The maximum absolute atomic E-state index is 4.29. The zero-order valence-electron chi connectivity index (χ0n) is 9.14. The molecule has 3 nitrogen and oxygen atoms in total. The standard InChI is InChI=1S/C13H13N3/c1-16-9-14-15-13(16)12-7-6-10-4-2-3-5-11(10)8-12/h2-8,14H,9H2,1H3. The second kappa shape index (κ2) is 3.52. The van der Waals surface area contributed by atoms with Crippen molar-refractivity contribution in [2.75, 3.05) is 13.7 Å². The summed E-state index contributed by atoms with van der Waals surface area (Å²) in [5, 5.41) is 6.80. The summed E-state index contributed by atoms with van der Waals surface area (Å²) in [6.07, 6.45) is 0. The minimum absolute atomic E-state index is 0.780. The number of hydrazone groups is 1. The van der Waals surface area contributed by atoms with Crippen molar-refractivity contribution in [3.8, 4) is 0 Å². The van der Waals surface area contributed by atoms with Crippen LogP contribution < -0.4 is 5.43 Å². The topological polar surface area (TPSA) is 27.6 Å². The van der Waals surface area contributed by atoms with Crippen molar-refractivity contribution in [1.82, 2.24) is 10.3 Å². The van der Waals surface area contributed by atoms with Crippen molar-refractivity contribution in [1.29, 1.82) is 0 Å². The Balaban J connectivity index is 2.12. The van der Waals surface area contributed by atoms with Gasteiger partial charge in [-0.1, -0.05) is 36.4 Å². The number of benzene rings is 2. The molecule has 0 atom stereocenters. The fourth-order valence-corrected chi connectivity index (χ4v) is 1.99. The van der Waals surface area contributed by atoms with Gasteiger partial charge in [0.05, 0.1) is 0 Å². The van der Waals surface area contributed by atoms with E-state index in [2.05, 4.69) is 57.9 Å². The summed E-state index contributed by atoms with van der Waals surface area (Å²) >= 11 is 0. The Morgan fingerprint density at radius 1 is 1.12 bits per heavy atom. The molecular weight excluding hydrogens is 198 g/mol. The number of nitrogens with one attached hydrogen (secondary N) is 1. The summed E-state index contributed by atoms with van der Waals surface area (Å²) < 4.78 is 0. The first kappa shape index (κ1) is 9.21. The molecule has 0 aliphatic carbocycles. The molecule has 16 heavy (non-hydrogen) atoms. The molecule has 0 spiro atoms. The summed E-state index contributed by atoms with van der Waals surface area (Å²) in [4.78, 5) is 2.10. The van der Waals surface area contributed by atoms with Gasteiger partial charge in [-0.15, -0.1) is 0 Å². The lowest BCUT2D eigenvalue weighted by Gasteiger charge is -2.12. The lowest BCUT2D eigenvalue weighted by atomic mass is 10.1. The van der Waals surface area contributed by atoms with Crippen LogP contribution in [0.2, 0.25) is 0 Å². The second-order valence-electron chi connectivity index (χ2n) is 4.01. The third-order valence-corrected chi connectivity index (χ3v) is 2.86. The first-order chi connectivity index (χ1) is 7.84. The largest absolute Gasteiger partial charge is 0.339 e. The number of rotatable bonds is 1. The molecule has 3 heteroatoms. The van der Waals surface area contributed by atoms with Gasteiger partial charge in [-0.2, -0.15) is 5.10 Å². The van der Waals surface area contributed by atoms with Crippen molar-refractivity contribution in [3.05, 3.63) is 48.0 Å². The summed E-state index contributed by atoms with van der Waals surface area (Å²) in [6, 6.07) is 14.8. The monoisotopic (exact) mass is 211 g/mol. The maximum Gasteiger partial charge on any atom is 0.157 e. The van der Waals surface area contributed by atoms with Gasteiger partial charge in [-0.25, -0.2) is 0 Å². The van der Waals surface area contributed by atoms with Crippen LogP contribution in [0.4, 0.5) is 0 Å². The Bertz CT molecular complexity index is 560. The molecule has 0 fully saturated rings. The van der Waals surface area contributed by atoms with Crippen LogP contribution in [0, 0.1) is 0 Å². The molecule has 0 saturated carbocycles. The third-order valence-electron chi connectivity index (χ3n) is 2.86. The minimum Gasteiger partial charge on any atom is -0.339 e. The fraction of sp³-hybridized carbons (Fsp3) is 0.154. The molecule has 80 valence electrons. The van der Waals surface area contributed by atoms with E-state index in [0.717, 1.165) is 18.1 Å². The Labute approximate surface area is 94.4 Å². The van der Waals surface area contributed by atoms with E-state index in [4.69, 9.17) is 0 Å². The van der Waals surface area contributed by atoms with Gasteiger partial charge in [0.2, 0.25) is 0 Å². The van der Waals surface area contributed by atoms with Gasteiger partial charge in [0, 0.05) is 12.6 Å². The van der Waals surface area contributed by atoms with Crippen molar-refractivity contribution in [2.24, 2.45) is 5.10 Å². The van der Waals surface area contributed by atoms with E-state index in [-0.39, 0.29) is 0 Å². The molecule has 0 aromatic heterocycles. The molecule has 0 saturated heterocycles. The molecule has 1 N–H and O–H groups in total. The van der Waals surface area contributed by atoms with Crippen LogP contribution in [-0.2, 0) is 0 Å². The van der Waals surface area contributed by atoms with E-state index in [9.17, 15) is 0 Å². The molecule has 2 aromatic carbocycles. The third kappa shape index (κ3) is 1.41.